The number of amides is 1. The van der Waals surface area contributed by atoms with Gasteiger partial charge in [0.1, 0.15) is 0 Å². The van der Waals surface area contributed by atoms with Crippen LogP contribution in [0.15, 0.2) is 34.4 Å². The van der Waals surface area contributed by atoms with E-state index in [2.05, 4.69) is 17.4 Å². The van der Waals surface area contributed by atoms with Gasteiger partial charge in [-0.3, -0.25) is 13.9 Å². The standard InChI is InChI=1S/C16H15N3O2S2/c1-18-11-4-3-9(7-12(11)19(2)16(18)21)14-15-10(5-6-22-15)17-13(20)8-23-14/h3-7,14H,8H2,1-2H3,(H,17,20)/t14-/m1/s1. The van der Waals surface area contributed by atoms with Crippen LogP contribution in [-0.2, 0) is 18.9 Å². The van der Waals surface area contributed by atoms with Crippen LogP contribution in [0.1, 0.15) is 15.7 Å². The molecule has 5 nitrogen and oxygen atoms in total. The summed E-state index contributed by atoms with van der Waals surface area (Å²) in [6, 6.07) is 8.06. The molecular formula is C16H15N3O2S2. The molecule has 7 heteroatoms. The Morgan fingerprint density at radius 2 is 1.91 bits per heavy atom. The van der Waals surface area contributed by atoms with Gasteiger partial charge in [0.15, 0.2) is 0 Å². The lowest BCUT2D eigenvalue weighted by Gasteiger charge is -2.14. The van der Waals surface area contributed by atoms with Crippen molar-refractivity contribution >= 4 is 45.7 Å². The van der Waals surface area contributed by atoms with Crippen LogP contribution in [0.2, 0.25) is 0 Å². The number of nitrogens with one attached hydrogen (secondary N) is 1. The van der Waals surface area contributed by atoms with E-state index in [1.165, 1.54) is 0 Å². The summed E-state index contributed by atoms with van der Waals surface area (Å²) in [6.45, 7) is 0. The van der Waals surface area contributed by atoms with Crippen molar-refractivity contribution < 1.29 is 4.79 Å². The number of thiophene rings is 1. The molecule has 3 aromatic rings. The minimum absolute atomic E-state index is 0.0284. The number of anilines is 1. The van der Waals surface area contributed by atoms with E-state index in [1.807, 2.05) is 17.5 Å². The quantitative estimate of drug-likeness (QED) is 0.738. The summed E-state index contributed by atoms with van der Waals surface area (Å²) in [6.07, 6.45) is 0. The minimum atomic E-state index is -0.0284. The summed E-state index contributed by atoms with van der Waals surface area (Å²) in [7, 11) is 3.57. The number of thioether (sulfide) groups is 1. The number of hydrogen-bond acceptors (Lipinski definition) is 4. The molecule has 3 heterocycles. The Labute approximate surface area is 140 Å². The zero-order valence-corrected chi connectivity index (χ0v) is 14.3. The first-order chi connectivity index (χ1) is 11.1. The van der Waals surface area contributed by atoms with Gasteiger partial charge in [0.2, 0.25) is 5.91 Å². The first-order valence-corrected chi connectivity index (χ1v) is 9.13. The molecule has 0 saturated heterocycles. The van der Waals surface area contributed by atoms with Crippen molar-refractivity contribution in [3.05, 3.63) is 50.6 Å². The van der Waals surface area contributed by atoms with Crippen LogP contribution in [0.5, 0.6) is 0 Å². The van der Waals surface area contributed by atoms with Gasteiger partial charge in [-0.2, -0.15) is 0 Å². The third-order valence-corrected chi connectivity index (χ3v) is 6.59. The van der Waals surface area contributed by atoms with Gasteiger partial charge in [-0.1, -0.05) is 6.07 Å². The monoisotopic (exact) mass is 345 g/mol. The molecule has 1 atom stereocenters. The van der Waals surface area contributed by atoms with Gasteiger partial charge in [-0.05, 0) is 29.1 Å². The Hall–Kier alpha value is -1.99. The van der Waals surface area contributed by atoms with Crippen LogP contribution in [0.4, 0.5) is 5.69 Å². The molecule has 0 spiro atoms. The molecule has 1 aliphatic rings. The number of nitrogens with zero attached hydrogens (tertiary/aromatic N) is 2. The van der Waals surface area contributed by atoms with E-state index in [0.29, 0.717) is 5.75 Å². The van der Waals surface area contributed by atoms with Crippen LogP contribution in [0.25, 0.3) is 11.0 Å². The number of carbonyl (C=O) groups excluding carboxylic acids is 1. The smallest absolute Gasteiger partial charge is 0.324 e. The molecule has 1 aliphatic heterocycles. The van der Waals surface area contributed by atoms with E-state index in [-0.39, 0.29) is 16.8 Å². The lowest BCUT2D eigenvalue weighted by molar-refractivity contribution is -0.113. The van der Waals surface area contributed by atoms with Crippen LogP contribution >= 0.6 is 23.1 Å². The van der Waals surface area contributed by atoms with Crippen LogP contribution in [-0.4, -0.2) is 20.8 Å². The van der Waals surface area contributed by atoms with Crippen molar-refractivity contribution in [2.24, 2.45) is 14.1 Å². The highest BCUT2D eigenvalue weighted by Gasteiger charge is 2.25. The molecule has 1 amide bonds. The Balaban J connectivity index is 1.88. The van der Waals surface area contributed by atoms with E-state index >= 15 is 0 Å². The Bertz CT molecular complexity index is 983. The third-order valence-electron chi connectivity index (χ3n) is 4.19. The minimum Gasteiger partial charge on any atom is -0.324 e. The van der Waals surface area contributed by atoms with Crippen LogP contribution < -0.4 is 11.0 Å². The number of benzene rings is 1. The number of aromatic nitrogens is 2. The lowest BCUT2D eigenvalue weighted by Crippen LogP contribution is -2.19. The second-order valence-electron chi connectivity index (χ2n) is 5.59. The summed E-state index contributed by atoms with van der Waals surface area (Å²) in [5, 5.41) is 5.06. The normalized spacial score (nSPS) is 17.8. The summed E-state index contributed by atoms with van der Waals surface area (Å²) < 4.78 is 3.32. The predicted octanol–water partition coefficient (Wildman–Crippen LogP) is 2.71. The highest BCUT2D eigenvalue weighted by molar-refractivity contribution is 8.00. The second-order valence-corrected chi connectivity index (χ2v) is 7.63. The van der Waals surface area contributed by atoms with Crippen molar-refractivity contribution in [3.63, 3.8) is 0 Å². The lowest BCUT2D eigenvalue weighted by atomic mass is 10.1. The summed E-state index contributed by atoms with van der Waals surface area (Å²) in [5.41, 5.74) is 3.82. The molecular weight excluding hydrogens is 330 g/mol. The highest BCUT2D eigenvalue weighted by Crippen LogP contribution is 2.44. The molecule has 1 aromatic carbocycles. The first kappa shape index (κ1) is 14.6. The van der Waals surface area contributed by atoms with Crippen molar-refractivity contribution in [1.29, 1.82) is 0 Å². The summed E-state index contributed by atoms with van der Waals surface area (Å²) >= 11 is 3.27. The summed E-state index contributed by atoms with van der Waals surface area (Å²) in [5.74, 6) is 0.461. The van der Waals surface area contributed by atoms with Gasteiger partial charge in [-0.15, -0.1) is 23.1 Å². The Kier molecular flexibility index (Phi) is 3.35. The number of carbonyl (C=O) groups is 1. The topological polar surface area (TPSA) is 56.0 Å². The predicted molar refractivity (Wildman–Crippen MR) is 95.4 cm³/mol. The number of imidazole rings is 1. The maximum Gasteiger partial charge on any atom is 0.328 e. The average molecular weight is 345 g/mol. The van der Waals surface area contributed by atoms with E-state index in [1.54, 1.807) is 46.3 Å². The van der Waals surface area contributed by atoms with Crippen molar-refractivity contribution in [1.82, 2.24) is 9.13 Å². The van der Waals surface area contributed by atoms with Gasteiger partial charge in [0.05, 0.1) is 27.7 Å². The molecule has 0 fully saturated rings. The SMILES string of the molecule is Cn1c(=O)n(C)c2cc([C@H]3SCC(=O)Nc4ccsc43)ccc21. The second kappa shape index (κ2) is 5.28. The fourth-order valence-corrected chi connectivity index (χ4v) is 5.22. The number of aryl methyl sites for hydroxylation is 2. The molecule has 0 radical (unpaired) electrons. The fraction of sp³-hybridized carbons (Fsp3) is 0.250. The zero-order valence-electron chi connectivity index (χ0n) is 12.7. The Morgan fingerprint density at radius 3 is 2.74 bits per heavy atom. The van der Waals surface area contributed by atoms with Gasteiger partial charge in [0.25, 0.3) is 0 Å². The van der Waals surface area contributed by atoms with E-state index < -0.39 is 0 Å². The van der Waals surface area contributed by atoms with Crippen molar-refractivity contribution in [2.75, 3.05) is 11.1 Å². The average Bonchev–Trinajstić information content (AvgIpc) is 3.03. The summed E-state index contributed by atoms with van der Waals surface area (Å²) in [4.78, 5) is 25.1. The number of fused-ring (bicyclic) bond motifs is 2. The molecule has 2 aromatic heterocycles. The molecule has 0 bridgehead atoms. The molecule has 4 rings (SSSR count). The molecule has 0 unspecified atom stereocenters. The molecule has 0 aliphatic carbocycles. The van der Waals surface area contributed by atoms with Crippen molar-refractivity contribution in [3.8, 4) is 0 Å². The molecule has 23 heavy (non-hydrogen) atoms. The van der Waals surface area contributed by atoms with Crippen LogP contribution in [0.3, 0.4) is 0 Å². The van der Waals surface area contributed by atoms with Gasteiger partial charge in [-0.25, -0.2) is 4.79 Å². The number of hydrogen-bond donors (Lipinski definition) is 1. The maximum atomic E-state index is 12.1. The Morgan fingerprint density at radius 1 is 1.13 bits per heavy atom. The maximum absolute atomic E-state index is 12.1. The van der Waals surface area contributed by atoms with Gasteiger partial charge in [0, 0.05) is 19.0 Å². The highest BCUT2D eigenvalue weighted by atomic mass is 32.2. The first-order valence-electron chi connectivity index (χ1n) is 7.20. The van der Waals surface area contributed by atoms with Crippen LogP contribution in [0, 0.1) is 0 Å². The molecule has 118 valence electrons. The fourth-order valence-electron chi connectivity index (χ4n) is 2.98. The molecule has 0 saturated carbocycles. The zero-order chi connectivity index (χ0) is 16.1. The van der Waals surface area contributed by atoms with E-state index in [0.717, 1.165) is 27.2 Å². The van der Waals surface area contributed by atoms with E-state index in [9.17, 15) is 9.59 Å². The van der Waals surface area contributed by atoms with Gasteiger partial charge >= 0.3 is 5.69 Å². The largest absolute Gasteiger partial charge is 0.328 e. The van der Waals surface area contributed by atoms with E-state index in [4.69, 9.17) is 0 Å². The van der Waals surface area contributed by atoms with Crippen molar-refractivity contribution in [2.45, 2.75) is 5.25 Å². The number of rotatable bonds is 1. The van der Waals surface area contributed by atoms with Gasteiger partial charge < -0.3 is 5.32 Å². The molecule has 1 N–H and O–H groups in total. The third kappa shape index (κ3) is 2.22.